The molecule has 3 aromatic carbocycles. The van der Waals surface area contributed by atoms with Crippen molar-refractivity contribution in [1.82, 2.24) is 14.5 Å². The third kappa shape index (κ3) is 5.39. The molecule has 0 radical (unpaired) electrons. The Bertz CT molecular complexity index is 1730. The van der Waals surface area contributed by atoms with Gasteiger partial charge in [-0.2, -0.15) is 0 Å². The maximum atomic E-state index is 14.2. The summed E-state index contributed by atoms with van der Waals surface area (Å²) in [5.41, 5.74) is 4.79. The van der Waals surface area contributed by atoms with Gasteiger partial charge >= 0.3 is 0 Å². The Balaban J connectivity index is 1.38. The highest BCUT2D eigenvalue weighted by Crippen LogP contribution is 2.35. The van der Waals surface area contributed by atoms with E-state index in [4.69, 9.17) is 4.98 Å². The van der Waals surface area contributed by atoms with Crippen LogP contribution in [0.1, 0.15) is 31.9 Å². The van der Waals surface area contributed by atoms with Crippen LogP contribution in [-0.4, -0.2) is 32.5 Å². The van der Waals surface area contributed by atoms with E-state index in [1.807, 2.05) is 61.5 Å². The number of benzene rings is 3. The molecule has 0 saturated carbocycles. The van der Waals surface area contributed by atoms with Crippen LogP contribution < -0.4 is 5.56 Å². The Morgan fingerprint density at radius 1 is 1.03 bits per heavy atom. The van der Waals surface area contributed by atoms with Crippen LogP contribution in [0, 0.1) is 6.92 Å². The molecule has 0 spiro atoms. The van der Waals surface area contributed by atoms with Crippen molar-refractivity contribution >= 4 is 55.0 Å². The first-order chi connectivity index (χ1) is 19.0. The summed E-state index contributed by atoms with van der Waals surface area (Å²) in [6.07, 6.45) is 0.821. The number of carbonyl (C=O) groups is 1. The Morgan fingerprint density at radius 3 is 2.54 bits per heavy atom. The number of ketones is 1. The maximum absolute atomic E-state index is 14.2. The van der Waals surface area contributed by atoms with Crippen molar-refractivity contribution in [1.29, 1.82) is 0 Å². The average molecular weight is 617 g/mol. The molecule has 6 rings (SSSR count). The van der Waals surface area contributed by atoms with Crippen molar-refractivity contribution in [3.8, 4) is 5.69 Å². The number of para-hydroxylation sites is 1. The van der Waals surface area contributed by atoms with Crippen LogP contribution in [0.4, 0.5) is 0 Å². The molecule has 3 heterocycles. The highest BCUT2D eigenvalue weighted by Gasteiger charge is 2.26. The van der Waals surface area contributed by atoms with E-state index in [0.29, 0.717) is 10.7 Å². The second-order valence-corrected chi connectivity index (χ2v) is 12.6. The minimum atomic E-state index is -0.0538. The summed E-state index contributed by atoms with van der Waals surface area (Å²) in [5.74, 6) is 0.196. The Hall–Kier alpha value is -3.04. The van der Waals surface area contributed by atoms with Gasteiger partial charge in [-0.05, 0) is 48.2 Å². The van der Waals surface area contributed by atoms with Crippen molar-refractivity contribution in [2.45, 2.75) is 31.6 Å². The maximum Gasteiger partial charge on any atom is 0.267 e. The molecule has 39 heavy (non-hydrogen) atoms. The van der Waals surface area contributed by atoms with Crippen molar-refractivity contribution < 1.29 is 4.79 Å². The number of rotatable bonds is 7. The fraction of sp³-hybridized carbons (Fsp3) is 0.194. The van der Waals surface area contributed by atoms with Gasteiger partial charge in [0.15, 0.2) is 10.9 Å². The van der Waals surface area contributed by atoms with Crippen molar-refractivity contribution in [3.05, 3.63) is 121 Å². The molecule has 0 aliphatic carbocycles. The molecule has 0 atom stereocenters. The molecule has 0 N–H and O–H groups in total. The van der Waals surface area contributed by atoms with Gasteiger partial charge in [-0.1, -0.05) is 88.4 Å². The highest BCUT2D eigenvalue weighted by atomic mass is 79.9. The van der Waals surface area contributed by atoms with Crippen molar-refractivity contribution in [3.63, 3.8) is 0 Å². The zero-order chi connectivity index (χ0) is 26.9. The van der Waals surface area contributed by atoms with Gasteiger partial charge in [0.2, 0.25) is 0 Å². The molecule has 0 bridgehead atoms. The summed E-state index contributed by atoms with van der Waals surface area (Å²) in [5, 5.41) is 1.27. The van der Waals surface area contributed by atoms with Gasteiger partial charge in [0, 0.05) is 34.5 Å². The largest absolute Gasteiger partial charge is 0.294 e. The number of carbonyl (C=O) groups excluding carboxylic acids is 1. The molecule has 2 aromatic heterocycles. The number of Topliss-reactive ketones (excluding diaryl/α,β-unsaturated/α-hetero) is 1. The first-order valence-electron chi connectivity index (χ1n) is 12.8. The lowest BCUT2D eigenvalue weighted by molar-refractivity contribution is 0.102. The molecule has 0 unspecified atom stereocenters. The van der Waals surface area contributed by atoms with Crippen LogP contribution in [0.25, 0.3) is 15.9 Å². The lowest BCUT2D eigenvalue weighted by Gasteiger charge is -2.26. The molecule has 1 aliphatic rings. The van der Waals surface area contributed by atoms with Gasteiger partial charge in [-0.3, -0.25) is 19.1 Å². The number of thioether (sulfide) groups is 1. The summed E-state index contributed by atoms with van der Waals surface area (Å²) in [6, 6.07) is 25.7. The molecule has 8 heteroatoms. The number of aryl methyl sites for hydroxylation is 1. The fourth-order valence-corrected chi connectivity index (χ4v) is 7.49. The Labute approximate surface area is 243 Å². The van der Waals surface area contributed by atoms with E-state index < -0.39 is 0 Å². The Kier molecular flexibility index (Phi) is 7.53. The summed E-state index contributed by atoms with van der Waals surface area (Å²) in [6.45, 7) is 4.59. The first-order valence-corrected chi connectivity index (χ1v) is 15.4. The average Bonchev–Trinajstić information content (AvgIpc) is 3.31. The SMILES string of the molecule is Cc1ccccc1-n1c(SCC(=O)c2ccc(Br)cc2)nc2sc3c(c2c1=O)CCN(Cc1ccccc1)C3. The van der Waals surface area contributed by atoms with Crippen molar-refractivity contribution in [2.75, 3.05) is 12.3 Å². The Morgan fingerprint density at radius 2 is 1.77 bits per heavy atom. The van der Waals surface area contributed by atoms with Crippen LogP contribution in [0.15, 0.2) is 93.3 Å². The molecule has 0 fully saturated rings. The van der Waals surface area contributed by atoms with Crippen molar-refractivity contribution in [2.24, 2.45) is 0 Å². The monoisotopic (exact) mass is 615 g/mol. The lowest BCUT2D eigenvalue weighted by atomic mass is 10.0. The first kappa shape index (κ1) is 26.2. The highest BCUT2D eigenvalue weighted by molar-refractivity contribution is 9.10. The van der Waals surface area contributed by atoms with E-state index in [1.165, 1.54) is 22.2 Å². The normalized spacial score (nSPS) is 13.5. The smallest absolute Gasteiger partial charge is 0.267 e. The zero-order valence-electron chi connectivity index (χ0n) is 21.4. The zero-order valence-corrected chi connectivity index (χ0v) is 24.6. The predicted octanol–water partition coefficient (Wildman–Crippen LogP) is 7.05. The van der Waals surface area contributed by atoms with E-state index >= 15 is 0 Å². The number of hydrogen-bond acceptors (Lipinski definition) is 6. The van der Waals surface area contributed by atoms with Crippen LogP contribution in [0.3, 0.4) is 0 Å². The molecule has 196 valence electrons. The third-order valence-electron chi connectivity index (χ3n) is 7.03. The number of aromatic nitrogens is 2. The molecular formula is C31H26BrN3O2S2. The summed E-state index contributed by atoms with van der Waals surface area (Å²) in [7, 11) is 0. The molecule has 5 nitrogen and oxygen atoms in total. The lowest BCUT2D eigenvalue weighted by Crippen LogP contribution is -2.30. The minimum absolute atomic E-state index is 0.000192. The van der Waals surface area contributed by atoms with Crippen LogP contribution in [0.5, 0.6) is 0 Å². The van der Waals surface area contributed by atoms with Crippen LogP contribution in [0.2, 0.25) is 0 Å². The van der Waals surface area contributed by atoms with Gasteiger partial charge in [0.1, 0.15) is 4.83 Å². The third-order valence-corrected chi connectivity index (χ3v) is 9.60. The van der Waals surface area contributed by atoms with E-state index in [9.17, 15) is 9.59 Å². The van der Waals surface area contributed by atoms with E-state index in [1.54, 1.807) is 15.9 Å². The van der Waals surface area contributed by atoms with E-state index in [-0.39, 0.29) is 17.1 Å². The van der Waals surface area contributed by atoms with Gasteiger partial charge in [0.25, 0.3) is 5.56 Å². The van der Waals surface area contributed by atoms with Gasteiger partial charge in [-0.15, -0.1) is 11.3 Å². The molecular weight excluding hydrogens is 590 g/mol. The molecule has 1 aliphatic heterocycles. The standard InChI is InChI=1S/C31H26BrN3O2S2/c1-20-7-5-6-10-25(20)35-30(37)28-24-15-16-34(17-21-8-3-2-4-9-21)18-27(24)39-29(28)33-31(35)38-19-26(36)22-11-13-23(32)14-12-22/h2-14H,15-19H2,1H3. The second-order valence-electron chi connectivity index (χ2n) is 9.67. The molecule has 0 saturated heterocycles. The summed E-state index contributed by atoms with van der Waals surface area (Å²) in [4.78, 5) is 36.6. The molecule has 0 amide bonds. The summed E-state index contributed by atoms with van der Waals surface area (Å²) >= 11 is 6.36. The predicted molar refractivity (Wildman–Crippen MR) is 163 cm³/mol. The number of halogens is 1. The van der Waals surface area contributed by atoms with Gasteiger partial charge in [0.05, 0.1) is 16.8 Å². The number of thiophene rings is 1. The number of fused-ring (bicyclic) bond motifs is 3. The van der Waals surface area contributed by atoms with E-state index in [0.717, 1.165) is 57.6 Å². The fourth-order valence-electron chi connectivity index (χ4n) is 5.03. The minimum Gasteiger partial charge on any atom is -0.294 e. The number of nitrogens with zero attached hydrogens (tertiary/aromatic N) is 3. The number of hydrogen-bond donors (Lipinski definition) is 0. The second kappa shape index (κ2) is 11.2. The van der Waals surface area contributed by atoms with Crippen LogP contribution >= 0.6 is 39.0 Å². The quantitative estimate of drug-likeness (QED) is 0.111. The van der Waals surface area contributed by atoms with Gasteiger partial charge < -0.3 is 0 Å². The van der Waals surface area contributed by atoms with E-state index in [2.05, 4.69) is 45.1 Å². The van der Waals surface area contributed by atoms with Crippen LogP contribution in [-0.2, 0) is 19.5 Å². The topological polar surface area (TPSA) is 55.2 Å². The van der Waals surface area contributed by atoms with Gasteiger partial charge in [-0.25, -0.2) is 4.98 Å². The summed E-state index contributed by atoms with van der Waals surface area (Å²) < 4.78 is 2.64. The molecule has 5 aromatic rings.